The SMILES string of the molecule is CSc1nc2n(n1)C(c1ccccc1O)C=C(C(=O)O)N2. The third kappa shape index (κ3) is 2.33. The van der Waals surface area contributed by atoms with E-state index in [1.54, 1.807) is 28.9 Å². The molecule has 1 unspecified atom stereocenters. The largest absolute Gasteiger partial charge is 0.508 e. The van der Waals surface area contributed by atoms with Gasteiger partial charge in [-0.15, -0.1) is 5.10 Å². The van der Waals surface area contributed by atoms with E-state index in [9.17, 15) is 15.0 Å². The van der Waals surface area contributed by atoms with Crippen LogP contribution in [0, 0.1) is 0 Å². The minimum atomic E-state index is -1.09. The Morgan fingerprint density at radius 3 is 2.86 bits per heavy atom. The van der Waals surface area contributed by atoms with Crippen LogP contribution in [0.25, 0.3) is 0 Å². The Morgan fingerprint density at radius 1 is 1.43 bits per heavy atom. The minimum absolute atomic E-state index is 0.0100. The molecule has 108 valence electrons. The normalized spacial score (nSPS) is 16.8. The Labute approximate surface area is 124 Å². The zero-order valence-corrected chi connectivity index (χ0v) is 11.8. The fourth-order valence-electron chi connectivity index (χ4n) is 2.14. The number of aromatic hydroxyl groups is 1. The first-order valence-electron chi connectivity index (χ1n) is 6.10. The third-order valence-electron chi connectivity index (χ3n) is 3.11. The molecule has 3 rings (SSSR count). The molecule has 0 aliphatic carbocycles. The second-order valence-corrected chi connectivity index (χ2v) is 5.15. The van der Waals surface area contributed by atoms with E-state index < -0.39 is 12.0 Å². The average Bonchev–Trinajstić information content (AvgIpc) is 2.90. The van der Waals surface area contributed by atoms with Crippen LogP contribution in [0.3, 0.4) is 0 Å². The highest BCUT2D eigenvalue weighted by atomic mass is 32.2. The number of fused-ring (bicyclic) bond motifs is 1. The van der Waals surface area contributed by atoms with Crippen LogP contribution in [0.4, 0.5) is 5.95 Å². The predicted molar refractivity (Wildman–Crippen MR) is 77.4 cm³/mol. The van der Waals surface area contributed by atoms with Crippen LogP contribution in [-0.2, 0) is 4.79 Å². The van der Waals surface area contributed by atoms with E-state index in [1.165, 1.54) is 17.8 Å². The van der Waals surface area contributed by atoms with Crippen molar-refractivity contribution in [2.45, 2.75) is 11.2 Å². The number of phenolic OH excluding ortho intramolecular Hbond substituents is 1. The van der Waals surface area contributed by atoms with E-state index in [4.69, 9.17) is 0 Å². The maximum Gasteiger partial charge on any atom is 0.352 e. The van der Waals surface area contributed by atoms with Gasteiger partial charge in [0, 0.05) is 5.56 Å². The molecule has 0 saturated carbocycles. The number of allylic oxidation sites excluding steroid dienone is 1. The van der Waals surface area contributed by atoms with Crippen molar-refractivity contribution in [2.24, 2.45) is 0 Å². The van der Waals surface area contributed by atoms with Gasteiger partial charge in [0.25, 0.3) is 0 Å². The Morgan fingerprint density at radius 2 is 2.19 bits per heavy atom. The van der Waals surface area contributed by atoms with E-state index in [1.807, 2.05) is 6.26 Å². The molecule has 0 bridgehead atoms. The van der Waals surface area contributed by atoms with Crippen LogP contribution in [0.15, 0.2) is 41.2 Å². The van der Waals surface area contributed by atoms with Crippen LogP contribution in [0.1, 0.15) is 11.6 Å². The van der Waals surface area contributed by atoms with E-state index in [-0.39, 0.29) is 11.4 Å². The van der Waals surface area contributed by atoms with E-state index in [2.05, 4.69) is 15.4 Å². The van der Waals surface area contributed by atoms with E-state index >= 15 is 0 Å². The molecule has 21 heavy (non-hydrogen) atoms. The second kappa shape index (κ2) is 5.13. The molecule has 1 aromatic heterocycles. The van der Waals surface area contributed by atoms with Crippen LogP contribution in [0.2, 0.25) is 0 Å². The first-order valence-corrected chi connectivity index (χ1v) is 7.33. The summed E-state index contributed by atoms with van der Waals surface area (Å²) in [5.74, 6) is -0.666. The molecule has 2 aromatic rings. The fraction of sp³-hybridized carbons (Fsp3) is 0.154. The smallest absolute Gasteiger partial charge is 0.352 e. The minimum Gasteiger partial charge on any atom is -0.508 e. The molecule has 0 saturated heterocycles. The topological polar surface area (TPSA) is 100 Å². The Kier molecular flexibility index (Phi) is 3.30. The number of carbonyl (C=O) groups is 1. The van der Waals surface area contributed by atoms with Crippen LogP contribution in [-0.4, -0.2) is 37.2 Å². The van der Waals surface area contributed by atoms with Crippen molar-refractivity contribution < 1.29 is 15.0 Å². The number of aromatic nitrogens is 3. The molecular formula is C13H12N4O3S. The highest BCUT2D eigenvalue weighted by Gasteiger charge is 2.28. The lowest BCUT2D eigenvalue weighted by Gasteiger charge is -2.22. The van der Waals surface area contributed by atoms with Crippen molar-refractivity contribution in [1.82, 2.24) is 14.8 Å². The van der Waals surface area contributed by atoms with Gasteiger partial charge in [-0.3, -0.25) is 0 Å². The lowest BCUT2D eigenvalue weighted by Crippen LogP contribution is -2.24. The van der Waals surface area contributed by atoms with Crippen molar-refractivity contribution in [2.75, 3.05) is 11.6 Å². The molecule has 0 spiro atoms. The lowest BCUT2D eigenvalue weighted by molar-refractivity contribution is -0.132. The zero-order chi connectivity index (χ0) is 15.0. The predicted octanol–water partition coefficient (Wildman–Crippen LogP) is 1.69. The van der Waals surface area contributed by atoms with Crippen molar-refractivity contribution >= 4 is 23.7 Å². The van der Waals surface area contributed by atoms with Crippen LogP contribution in [0.5, 0.6) is 5.75 Å². The van der Waals surface area contributed by atoms with Gasteiger partial charge in [-0.25, -0.2) is 9.48 Å². The number of anilines is 1. The molecule has 0 fully saturated rings. The Balaban J connectivity index is 2.15. The molecule has 1 atom stereocenters. The number of phenols is 1. The van der Waals surface area contributed by atoms with Gasteiger partial charge in [0.05, 0.1) is 0 Å². The summed E-state index contributed by atoms with van der Waals surface area (Å²) in [6.07, 6.45) is 3.34. The standard InChI is InChI=1S/C13H12N4O3S/c1-21-13-15-12-14-8(11(19)20)6-9(17(12)16-13)7-4-2-3-5-10(7)18/h2-6,9,18H,1H3,(H,19,20)(H,14,15,16). The number of hydrogen-bond donors (Lipinski definition) is 3. The molecule has 1 aromatic carbocycles. The monoisotopic (exact) mass is 304 g/mol. The summed E-state index contributed by atoms with van der Waals surface area (Å²) in [4.78, 5) is 15.5. The summed E-state index contributed by atoms with van der Waals surface area (Å²) in [5.41, 5.74) is 0.576. The highest BCUT2D eigenvalue weighted by molar-refractivity contribution is 7.98. The number of thioether (sulfide) groups is 1. The third-order valence-corrected chi connectivity index (χ3v) is 3.65. The molecule has 1 aliphatic rings. The zero-order valence-electron chi connectivity index (χ0n) is 11.0. The van der Waals surface area contributed by atoms with Gasteiger partial charge in [0.2, 0.25) is 11.1 Å². The summed E-state index contributed by atoms with van der Waals surface area (Å²) in [6.45, 7) is 0. The van der Waals surface area contributed by atoms with Crippen LogP contribution < -0.4 is 5.32 Å². The average molecular weight is 304 g/mol. The number of carboxylic acid groups (broad SMARTS) is 1. The van der Waals surface area contributed by atoms with Gasteiger partial charge in [-0.05, 0) is 18.4 Å². The molecule has 7 nitrogen and oxygen atoms in total. The van der Waals surface area contributed by atoms with Crippen molar-refractivity contribution in [1.29, 1.82) is 0 Å². The van der Waals surface area contributed by atoms with E-state index in [0.29, 0.717) is 16.7 Å². The molecule has 0 amide bonds. The Hall–Kier alpha value is -2.48. The van der Waals surface area contributed by atoms with Crippen molar-refractivity contribution in [3.05, 3.63) is 41.6 Å². The molecular weight excluding hydrogens is 292 g/mol. The first kappa shape index (κ1) is 13.5. The van der Waals surface area contributed by atoms with Gasteiger partial charge in [-0.1, -0.05) is 30.0 Å². The fourth-order valence-corrected chi connectivity index (χ4v) is 2.49. The summed E-state index contributed by atoms with van der Waals surface area (Å²) in [6, 6.07) is 6.24. The van der Waals surface area contributed by atoms with Gasteiger partial charge < -0.3 is 15.5 Å². The number of nitrogens with one attached hydrogen (secondary N) is 1. The summed E-state index contributed by atoms with van der Waals surface area (Å²) >= 11 is 1.36. The van der Waals surface area contributed by atoms with Gasteiger partial charge in [-0.2, -0.15) is 4.98 Å². The van der Waals surface area contributed by atoms with E-state index in [0.717, 1.165) is 0 Å². The Bertz CT molecular complexity index is 741. The van der Waals surface area contributed by atoms with Crippen LogP contribution >= 0.6 is 11.8 Å². The van der Waals surface area contributed by atoms with Crippen molar-refractivity contribution in [3.63, 3.8) is 0 Å². The van der Waals surface area contributed by atoms with Gasteiger partial charge in [0.15, 0.2) is 0 Å². The number of rotatable bonds is 3. The quantitative estimate of drug-likeness (QED) is 0.742. The number of benzene rings is 1. The van der Waals surface area contributed by atoms with Crippen molar-refractivity contribution in [3.8, 4) is 5.75 Å². The first-order chi connectivity index (χ1) is 10.1. The molecule has 3 N–H and O–H groups in total. The number of hydrogen-bond acceptors (Lipinski definition) is 6. The lowest BCUT2D eigenvalue weighted by atomic mass is 10.0. The number of aliphatic carboxylic acids is 1. The number of nitrogens with zero attached hydrogens (tertiary/aromatic N) is 3. The summed E-state index contributed by atoms with van der Waals surface area (Å²) in [7, 11) is 0. The number of para-hydroxylation sites is 1. The van der Waals surface area contributed by atoms with Gasteiger partial charge >= 0.3 is 5.97 Å². The maximum atomic E-state index is 11.2. The molecule has 2 heterocycles. The summed E-state index contributed by atoms with van der Waals surface area (Å²) in [5, 5.41) is 26.8. The second-order valence-electron chi connectivity index (χ2n) is 4.38. The summed E-state index contributed by atoms with van der Waals surface area (Å²) < 4.78 is 1.56. The molecule has 0 radical (unpaired) electrons. The van der Waals surface area contributed by atoms with Gasteiger partial charge in [0.1, 0.15) is 17.5 Å². The highest BCUT2D eigenvalue weighted by Crippen LogP contribution is 2.34. The maximum absolute atomic E-state index is 11.2. The molecule has 1 aliphatic heterocycles. The molecule has 8 heteroatoms. The number of carboxylic acids is 1.